The lowest BCUT2D eigenvalue weighted by Crippen LogP contribution is -2.23. The summed E-state index contributed by atoms with van der Waals surface area (Å²) < 4.78 is 10.5. The minimum atomic E-state index is -0.390. The van der Waals surface area contributed by atoms with Crippen LogP contribution in [0.4, 0.5) is 0 Å². The highest BCUT2D eigenvalue weighted by Gasteiger charge is 2.33. The number of hydrogen-bond donors (Lipinski definition) is 1. The molecule has 0 spiro atoms. The van der Waals surface area contributed by atoms with Crippen LogP contribution < -0.4 is 9.47 Å². The second-order valence-electron chi connectivity index (χ2n) is 6.54. The Morgan fingerprint density at radius 1 is 0.963 bits per heavy atom. The number of benzene rings is 1. The fourth-order valence-corrected chi connectivity index (χ4v) is 3.30. The summed E-state index contributed by atoms with van der Waals surface area (Å²) in [5.74, 6) is -0.136. The molecule has 0 radical (unpaired) electrons. The highest BCUT2D eigenvalue weighted by molar-refractivity contribution is 6.37. The van der Waals surface area contributed by atoms with E-state index in [-0.39, 0.29) is 34.0 Å². The number of fused-ring (bicyclic) bond motifs is 1. The van der Waals surface area contributed by atoms with Gasteiger partial charge in [-0.15, -0.1) is 0 Å². The summed E-state index contributed by atoms with van der Waals surface area (Å²) in [6, 6.07) is 3.19. The fraction of sp³-hybridized carbons (Fsp3) is 0.476. The van der Waals surface area contributed by atoms with Crippen molar-refractivity contribution >= 4 is 17.3 Å². The molecule has 0 unspecified atom stereocenters. The summed E-state index contributed by atoms with van der Waals surface area (Å²) in [4.78, 5) is 25.7. The highest BCUT2D eigenvalue weighted by Crippen LogP contribution is 2.36. The minimum Gasteiger partial charge on any atom is -0.496 e. The molecule has 1 aromatic carbocycles. The molecule has 0 fully saturated rings. The molecule has 27 heavy (non-hydrogen) atoms. The average molecular weight is 373 g/mol. The van der Waals surface area contributed by atoms with Crippen LogP contribution in [0.5, 0.6) is 11.5 Å². The first-order valence-electron chi connectivity index (χ1n) is 9.36. The van der Waals surface area contributed by atoms with Crippen molar-refractivity contribution in [2.75, 3.05) is 14.2 Å². The van der Waals surface area contributed by atoms with Gasteiger partial charge in [0.1, 0.15) is 11.5 Å². The van der Waals surface area contributed by atoms with Gasteiger partial charge in [-0.3, -0.25) is 9.59 Å². The Balaban J connectivity index is 2.23. The standard InChI is InChI=1S/C21H27NO5/c1-4-5-6-7-8-9-10-15(22-25)14-13-16(23)19-17(26-2)11-12-18(27-3)20(19)21(14)24/h11-13,25H,4-10H2,1-3H3/b22-15+. The van der Waals surface area contributed by atoms with E-state index in [1.165, 1.54) is 39.6 Å². The molecule has 1 aliphatic carbocycles. The maximum Gasteiger partial charge on any atom is 0.199 e. The van der Waals surface area contributed by atoms with Crippen molar-refractivity contribution in [2.45, 2.75) is 51.9 Å². The molecule has 0 bridgehead atoms. The summed E-state index contributed by atoms with van der Waals surface area (Å²) in [7, 11) is 2.88. The number of ether oxygens (including phenoxy) is 2. The Bertz CT molecular complexity index is 764. The lowest BCUT2D eigenvalue weighted by atomic mass is 9.85. The fourth-order valence-electron chi connectivity index (χ4n) is 3.30. The number of carbonyl (C=O) groups excluding carboxylic acids is 2. The second kappa shape index (κ2) is 9.90. The van der Waals surface area contributed by atoms with Crippen LogP contribution in [0.2, 0.25) is 0 Å². The number of hydrogen-bond acceptors (Lipinski definition) is 6. The summed E-state index contributed by atoms with van der Waals surface area (Å²) in [6.07, 6.45) is 8.12. The largest absolute Gasteiger partial charge is 0.496 e. The van der Waals surface area contributed by atoms with E-state index in [1.54, 1.807) is 12.1 Å². The molecule has 0 amide bonds. The highest BCUT2D eigenvalue weighted by atomic mass is 16.5. The summed E-state index contributed by atoms with van der Waals surface area (Å²) in [5, 5.41) is 12.7. The third-order valence-electron chi connectivity index (χ3n) is 4.76. The van der Waals surface area contributed by atoms with Crippen LogP contribution in [0.25, 0.3) is 0 Å². The van der Waals surface area contributed by atoms with Crippen LogP contribution in [-0.4, -0.2) is 36.7 Å². The second-order valence-corrected chi connectivity index (χ2v) is 6.54. The Kier molecular flexibility index (Phi) is 7.58. The van der Waals surface area contributed by atoms with Gasteiger partial charge in [0.05, 0.1) is 36.6 Å². The monoisotopic (exact) mass is 373 g/mol. The lowest BCUT2D eigenvalue weighted by molar-refractivity contribution is 0.0983. The third kappa shape index (κ3) is 4.56. The zero-order valence-electron chi connectivity index (χ0n) is 16.2. The summed E-state index contributed by atoms with van der Waals surface area (Å²) in [6.45, 7) is 2.16. The number of unbranched alkanes of at least 4 members (excludes halogenated alkanes) is 5. The first-order chi connectivity index (χ1) is 13.1. The Morgan fingerprint density at radius 2 is 1.56 bits per heavy atom. The molecular weight excluding hydrogens is 346 g/mol. The number of oxime groups is 1. The van der Waals surface area contributed by atoms with Crippen molar-refractivity contribution in [3.63, 3.8) is 0 Å². The van der Waals surface area contributed by atoms with Gasteiger partial charge in [-0.1, -0.05) is 44.2 Å². The van der Waals surface area contributed by atoms with Gasteiger partial charge in [-0.2, -0.15) is 0 Å². The summed E-state index contributed by atoms with van der Waals surface area (Å²) in [5.41, 5.74) is 0.695. The van der Waals surface area contributed by atoms with Crippen LogP contribution in [-0.2, 0) is 0 Å². The maximum atomic E-state index is 13.0. The quantitative estimate of drug-likeness (QED) is 0.281. The molecule has 0 atom stereocenters. The molecule has 0 aromatic heterocycles. The molecule has 6 nitrogen and oxygen atoms in total. The summed E-state index contributed by atoms with van der Waals surface area (Å²) >= 11 is 0. The smallest absolute Gasteiger partial charge is 0.199 e. The van der Waals surface area contributed by atoms with Gasteiger partial charge in [-0.25, -0.2) is 0 Å². The van der Waals surface area contributed by atoms with Crippen LogP contribution >= 0.6 is 0 Å². The predicted molar refractivity (Wildman–Crippen MR) is 104 cm³/mol. The van der Waals surface area contributed by atoms with E-state index in [2.05, 4.69) is 12.1 Å². The first-order valence-corrected chi connectivity index (χ1v) is 9.36. The zero-order chi connectivity index (χ0) is 19.8. The van der Waals surface area contributed by atoms with Crippen molar-refractivity contribution in [2.24, 2.45) is 5.16 Å². The van der Waals surface area contributed by atoms with Gasteiger partial charge in [0.2, 0.25) is 0 Å². The molecule has 1 N–H and O–H groups in total. The molecule has 0 heterocycles. The van der Waals surface area contributed by atoms with Gasteiger partial charge < -0.3 is 14.7 Å². The molecule has 0 aliphatic heterocycles. The Morgan fingerprint density at radius 3 is 2.15 bits per heavy atom. The average Bonchev–Trinajstić information content (AvgIpc) is 2.69. The minimum absolute atomic E-state index is 0.120. The van der Waals surface area contributed by atoms with E-state index in [0.717, 1.165) is 19.3 Å². The van der Waals surface area contributed by atoms with Gasteiger partial charge in [0.25, 0.3) is 0 Å². The van der Waals surface area contributed by atoms with Crippen LogP contribution in [0.3, 0.4) is 0 Å². The third-order valence-corrected chi connectivity index (χ3v) is 4.76. The van der Waals surface area contributed by atoms with E-state index in [0.29, 0.717) is 17.9 Å². The van der Waals surface area contributed by atoms with Crippen molar-refractivity contribution in [3.8, 4) is 11.5 Å². The van der Waals surface area contributed by atoms with Gasteiger partial charge in [0, 0.05) is 0 Å². The number of Topliss-reactive ketones (excluding diaryl/α,β-unsaturated/α-hetero) is 1. The van der Waals surface area contributed by atoms with Crippen molar-refractivity contribution in [1.29, 1.82) is 0 Å². The number of ketones is 2. The van der Waals surface area contributed by atoms with E-state index >= 15 is 0 Å². The SMILES string of the molecule is CCCCCCCC/C(=N\O)C1=CC(=O)c2c(OC)ccc(OC)c2C1=O. The molecule has 0 saturated heterocycles. The molecule has 1 aliphatic rings. The van der Waals surface area contributed by atoms with Crippen LogP contribution in [0, 0.1) is 0 Å². The molecule has 146 valence electrons. The predicted octanol–water partition coefficient (Wildman–Crippen LogP) is 4.59. The van der Waals surface area contributed by atoms with Gasteiger partial charge in [-0.05, 0) is 31.1 Å². The van der Waals surface area contributed by atoms with Gasteiger partial charge >= 0.3 is 0 Å². The first kappa shape index (κ1) is 20.7. The van der Waals surface area contributed by atoms with Crippen molar-refractivity contribution in [1.82, 2.24) is 0 Å². The normalized spacial score (nSPS) is 14.0. The molecular formula is C21H27NO5. The molecule has 1 aromatic rings. The zero-order valence-corrected chi connectivity index (χ0v) is 16.2. The van der Waals surface area contributed by atoms with Crippen molar-refractivity contribution < 1.29 is 24.3 Å². The number of nitrogens with zero attached hydrogens (tertiary/aromatic N) is 1. The Hall–Kier alpha value is -2.63. The Labute approximate surface area is 159 Å². The van der Waals surface area contributed by atoms with Crippen molar-refractivity contribution in [3.05, 3.63) is 34.9 Å². The van der Waals surface area contributed by atoms with E-state index in [4.69, 9.17) is 9.47 Å². The number of allylic oxidation sites excluding steroid dienone is 2. The van der Waals surface area contributed by atoms with E-state index in [9.17, 15) is 14.8 Å². The molecule has 0 saturated carbocycles. The topological polar surface area (TPSA) is 85.2 Å². The van der Waals surface area contributed by atoms with E-state index in [1.807, 2.05) is 0 Å². The number of methoxy groups -OCH3 is 2. The van der Waals surface area contributed by atoms with Gasteiger partial charge in [0.15, 0.2) is 11.6 Å². The molecule has 2 rings (SSSR count). The van der Waals surface area contributed by atoms with Crippen LogP contribution in [0.15, 0.2) is 28.9 Å². The molecule has 6 heteroatoms. The number of carbonyl (C=O) groups is 2. The number of rotatable bonds is 10. The van der Waals surface area contributed by atoms with Crippen LogP contribution in [0.1, 0.15) is 72.6 Å². The lowest BCUT2D eigenvalue weighted by Gasteiger charge is -2.20. The maximum absolute atomic E-state index is 13.0. The van der Waals surface area contributed by atoms with E-state index < -0.39 is 0 Å².